The molecule has 3 aromatic rings. The van der Waals surface area contributed by atoms with Crippen LogP contribution < -0.4 is 16.0 Å². The molecule has 3 amide bonds. The second-order valence-corrected chi connectivity index (χ2v) is 8.78. The van der Waals surface area contributed by atoms with E-state index in [0.29, 0.717) is 33.8 Å². The maximum atomic E-state index is 14.7. The lowest BCUT2D eigenvalue weighted by Gasteiger charge is -2.27. The van der Waals surface area contributed by atoms with Crippen molar-refractivity contribution < 1.29 is 28.7 Å². The first-order chi connectivity index (χ1) is 17.7. The number of nitrogen functional groups attached to an aromatic ring is 1. The van der Waals surface area contributed by atoms with Crippen molar-refractivity contribution >= 4 is 46.5 Å². The van der Waals surface area contributed by atoms with E-state index < -0.39 is 41.6 Å². The van der Waals surface area contributed by atoms with Gasteiger partial charge in [0.05, 0.1) is 17.8 Å². The number of nitrogens with two attached hydrogens (primary N) is 1. The molecule has 0 bridgehead atoms. The number of hydrogen-bond donors (Lipinski definition) is 3. The third kappa shape index (κ3) is 4.44. The van der Waals surface area contributed by atoms with E-state index in [-0.39, 0.29) is 18.4 Å². The van der Waals surface area contributed by atoms with Crippen LogP contribution in [0, 0.1) is 0 Å². The molecule has 2 heterocycles. The second-order valence-electron chi connectivity index (χ2n) is 8.78. The molecule has 0 saturated carbocycles. The van der Waals surface area contributed by atoms with Gasteiger partial charge in [-0.15, -0.1) is 0 Å². The molecule has 10 heteroatoms. The van der Waals surface area contributed by atoms with E-state index in [2.05, 4.69) is 10.3 Å². The zero-order valence-corrected chi connectivity index (χ0v) is 19.3. The number of fused-ring (bicyclic) bond motifs is 2. The smallest absolute Gasteiger partial charge is 0.326 e. The number of halogens is 1. The van der Waals surface area contributed by atoms with Crippen LogP contribution in [-0.4, -0.2) is 40.6 Å². The predicted octanol–water partition coefficient (Wildman–Crippen LogP) is 2.91. The van der Waals surface area contributed by atoms with Crippen molar-refractivity contribution in [3.8, 4) is 0 Å². The van der Waals surface area contributed by atoms with Crippen molar-refractivity contribution in [3.05, 3.63) is 89.0 Å². The highest BCUT2D eigenvalue weighted by atomic mass is 19.1. The van der Waals surface area contributed by atoms with Crippen LogP contribution in [0.5, 0.6) is 0 Å². The van der Waals surface area contributed by atoms with Crippen molar-refractivity contribution in [2.45, 2.75) is 25.1 Å². The van der Waals surface area contributed by atoms with Gasteiger partial charge in [0.25, 0.3) is 11.8 Å². The van der Waals surface area contributed by atoms with E-state index in [4.69, 9.17) is 5.73 Å². The predicted molar refractivity (Wildman–Crippen MR) is 133 cm³/mol. The van der Waals surface area contributed by atoms with E-state index >= 15 is 0 Å². The molecule has 37 heavy (non-hydrogen) atoms. The summed E-state index contributed by atoms with van der Waals surface area (Å²) in [7, 11) is 0. The van der Waals surface area contributed by atoms with Crippen molar-refractivity contribution in [2.24, 2.45) is 4.99 Å². The first kappa shape index (κ1) is 23.9. The monoisotopic (exact) mass is 500 g/mol. The molecule has 1 unspecified atom stereocenters. The van der Waals surface area contributed by atoms with E-state index in [1.54, 1.807) is 42.5 Å². The van der Waals surface area contributed by atoms with Crippen LogP contribution in [0.25, 0.3) is 0 Å². The Morgan fingerprint density at radius 2 is 1.84 bits per heavy atom. The molecule has 2 atom stereocenters. The highest BCUT2D eigenvalue weighted by molar-refractivity contribution is 6.42. The van der Waals surface area contributed by atoms with Crippen LogP contribution in [0.1, 0.15) is 33.2 Å². The van der Waals surface area contributed by atoms with Gasteiger partial charge in [-0.25, -0.2) is 19.1 Å². The number of amides is 3. The summed E-state index contributed by atoms with van der Waals surface area (Å²) < 4.78 is 14.7. The first-order valence-electron chi connectivity index (χ1n) is 11.4. The van der Waals surface area contributed by atoms with Gasteiger partial charge in [-0.3, -0.25) is 14.4 Å². The Bertz CT molecular complexity index is 1480. The van der Waals surface area contributed by atoms with Gasteiger partial charge in [-0.1, -0.05) is 36.4 Å². The Hall–Kier alpha value is -4.86. The van der Waals surface area contributed by atoms with Gasteiger partial charge in [0.1, 0.15) is 11.8 Å². The van der Waals surface area contributed by atoms with Crippen LogP contribution in [0.2, 0.25) is 0 Å². The van der Waals surface area contributed by atoms with Crippen LogP contribution in [0.4, 0.5) is 21.5 Å². The van der Waals surface area contributed by atoms with E-state index in [9.17, 15) is 28.7 Å². The second kappa shape index (κ2) is 9.30. The maximum Gasteiger partial charge on any atom is 0.326 e. The minimum Gasteiger partial charge on any atom is -0.480 e. The number of carboxylic acids is 1. The third-order valence-corrected chi connectivity index (χ3v) is 6.32. The molecule has 0 aliphatic carbocycles. The highest BCUT2D eigenvalue weighted by Gasteiger charge is 2.34. The molecule has 0 saturated heterocycles. The summed E-state index contributed by atoms with van der Waals surface area (Å²) in [5, 5.41) is 12.0. The lowest BCUT2D eigenvalue weighted by molar-refractivity contribution is -0.141. The quantitative estimate of drug-likeness (QED) is 0.351. The number of alkyl halides is 1. The Morgan fingerprint density at radius 1 is 1.11 bits per heavy atom. The molecule has 3 aromatic carbocycles. The number of carbonyl (C=O) groups is 4. The fourth-order valence-electron chi connectivity index (χ4n) is 4.44. The van der Waals surface area contributed by atoms with Gasteiger partial charge in [-0.2, -0.15) is 0 Å². The molecule has 0 aromatic heterocycles. The Morgan fingerprint density at radius 3 is 2.54 bits per heavy atom. The fraction of sp³-hybridized carbons (Fsp3) is 0.148. The Labute approximate surface area is 210 Å². The number of nitrogens with one attached hydrogen (secondary N) is 1. The summed E-state index contributed by atoms with van der Waals surface area (Å²) in [4.78, 5) is 55.2. The number of carbonyl (C=O) groups excluding carboxylic acids is 3. The summed E-state index contributed by atoms with van der Waals surface area (Å²) >= 11 is 0. The summed E-state index contributed by atoms with van der Waals surface area (Å²) in [5.41, 5.74) is 8.17. The lowest BCUT2D eigenvalue weighted by atomic mass is 9.97. The van der Waals surface area contributed by atoms with Gasteiger partial charge in [-0.05, 0) is 41.5 Å². The zero-order chi connectivity index (χ0) is 26.3. The molecule has 5 rings (SSSR count). The normalized spacial score (nSPS) is 17.1. The van der Waals surface area contributed by atoms with Crippen LogP contribution in [0.3, 0.4) is 0 Å². The number of hydrogen-bond acceptors (Lipinski definition) is 6. The van der Waals surface area contributed by atoms with Gasteiger partial charge in [0, 0.05) is 23.2 Å². The van der Waals surface area contributed by atoms with Crippen LogP contribution >= 0.6 is 0 Å². The number of aliphatic carboxylic acids is 1. The number of para-hydroxylation sites is 1. The molecule has 0 spiro atoms. The zero-order valence-electron chi connectivity index (χ0n) is 19.3. The molecule has 0 radical (unpaired) electrons. The SMILES string of the molecule is Nc1ccc2c(c1)C(=O)N(c1ccc(C[C@H](NC(=O)C3=Nc4ccccc4C3F)C(=O)O)cc1)C(=O)C2. The minimum absolute atomic E-state index is 0.0412. The molecular weight excluding hydrogens is 479 g/mol. The average molecular weight is 500 g/mol. The largest absolute Gasteiger partial charge is 0.480 e. The molecule has 2 aliphatic heterocycles. The molecule has 9 nitrogen and oxygen atoms in total. The summed E-state index contributed by atoms with van der Waals surface area (Å²) in [6, 6.07) is 16.0. The van der Waals surface area contributed by atoms with Gasteiger partial charge < -0.3 is 16.2 Å². The minimum atomic E-state index is -1.75. The third-order valence-electron chi connectivity index (χ3n) is 6.32. The topological polar surface area (TPSA) is 142 Å². The number of benzene rings is 3. The summed E-state index contributed by atoms with van der Waals surface area (Å²) in [6.45, 7) is 0. The highest BCUT2D eigenvalue weighted by Crippen LogP contribution is 2.36. The van der Waals surface area contributed by atoms with E-state index in [0.717, 1.165) is 4.90 Å². The molecule has 0 fully saturated rings. The van der Waals surface area contributed by atoms with Crippen LogP contribution in [0.15, 0.2) is 71.7 Å². The number of imide groups is 1. The Balaban J connectivity index is 1.30. The number of rotatable bonds is 6. The van der Waals surface area contributed by atoms with Crippen LogP contribution in [-0.2, 0) is 27.2 Å². The molecule has 2 aliphatic rings. The summed E-state index contributed by atoms with van der Waals surface area (Å²) in [5.74, 6) is -3.11. The van der Waals surface area contributed by atoms with Gasteiger partial charge in [0.15, 0.2) is 6.17 Å². The molecule has 186 valence electrons. The Kier molecular flexibility index (Phi) is 6.00. The van der Waals surface area contributed by atoms with Crippen molar-refractivity contribution in [2.75, 3.05) is 10.6 Å². The number of carboxylic acid groups (broad SMARTS) is 1. The van der Waals surface area contributed by atoms with Crippen molar-refractivity contribution in [1.29, 1.82) is 0 Å². The number of aliphatic imine (C=N–C) groups is 1. The van der Waals surface area contributed by atoms with Crippen molar-refractivity contribution in [3.63, 3.8) is 0 Å². The van der Waals surface area contributed by atoms with E-state index in [1.807, 2.05) is 0 Å². The molecular formula is C27H21FN4O5. The standard InChI is InChI=1S/C27H21FN4O5/c28-23-18-3-1-2-4-20(18)30-24(23)25(34)31-21(27(36)37)11-14-5-9-17(10-6-14)32-22(33)12-15-7-8-16(29)13-19(15)26(32)35/h1-10,13,21,23H,11-12,29H2,(H,31,34)(H,36,37)/t21-,23?/m0/s1. The average Bonchev–Trinajstić information content (AvgIpc) is 3.22. The van der Waals surface area contributed by atoms with Crippen molar-refractivity contribution in [1.82, 2.24) is 5.32 Å². The number of anilines is 2. The summed E-state index contributed by atoms with van der Waals surface area (Å²) in [6.07, 6.45) is -1.82. The number of nitrogens with zero attached hydrogens (tertiary/aromatic N) is 2. The van der Waals surface area contributed by atoms with Gasteiger partial charge in [0.2, 0.25) is 5.91 Å². The van der Waals surface area contributed by atoms with E-state index in [1.165, 1.54) is 24.3 Å². The maximum absolute atomic E-state index is 14.7. The first-order valence-corrected chi connectivity index (χ1v) is 11.4. The molecule has 4 N–H and O–H groups in total. The lowest BCUT2D eigenvalue weighted by Crippen LogP contribution is -2.45. The fourth-order valence-corrected chi connectivity index (χ4v) is 4.44. The van der Waals surface area contributed by atoms with Gasteiger partial charge >= 0.3 is 5.97 Å².